The summed E-state index contributed by atoms with van der Waals surface area (Å²) in [6, 6.07) is 5.20. The first-order valence-electron chi connectivity index (χ1n) is 7.79. The molecule has 2 rings (SSSR count). The van der Waals surface area contributed by atoms with E-state index < -0.39 is 17.4 Å². The Bertz CT molecular complexity index is 553. The Morgan fingerprint density at radius 2 is 2.05 bits per heavy atom. The lowest BCUT2D eigenvalue weighted by molar-refractivity contribution is -0.143. The molecule has 1 aliphatic carbocycles. The number of amides is 1. The van der Waals surface area contributed by atoms with Crippen molar-refractivity contribution in [1.82, 2.24) is 5.32 Å². The molecule has 120 valence electrons. The smallest absolute Gasteiger partial charge is 0.326 e. The average molecular weight is 307 g/mol. The molecule has 0 aromatic heterocycles. The second-order valence-electron chi connectivity index (χ2n) is 5.95. The minimum atomic E-state index is -1.03. The first-order valence-corrected chi connectivity index (χ1v) is 7.79. The molecule has 0 radical (unpaired) electrons. The average Bonchev–Trinajstić information content (AvgIpc) is 2.97. The molecule has 1 fully saturated rings. The first-order chi connectivity index (χ1) is 10.5. The lowest BCUT2D eigenvalue weighted by Gasteiger charge is -2.30. The van der Waals surface area contributed by atoms with Crippen molar-refractivity contribution in [2.75, 3.05) is 0 Å². The lowest BCUT2D eigenvalue weighted by Crippen LogP contribution is -2.49. The highest BCUT2D eigenvalue weighted by Gasteiger charge is 2.43. The van der Waals surface area contributed by atoms with Crippen LogP contribution in [0.4, 0.5) is 4.39 Å². The molecule has 0 saturated heterocycles. The molecule has 1 unspecified atom stereocenters. The Labute approximate surface area is 129 Å². The fraction of sp³-hybridized carbons (Fsp3) is 0.529. The largest absolute Gasteiger partial charge is 0.480 e. The number of hydrogen-bond acceptors (Lipinski definition) is 2. The molecular formula is C17H22FNO3. The van der Waals surface area contributed by atoms with Crippen molar-refractivity contribution >= 4 is 11.9 Å². The summed E-state index contributed by atoms with van der Waals surface area (Å²) < 4.78 is 13.5. The van der Waals surface area contributed by atoms with Crippen molar-refractivity contribution in [2.24, 2.45) is 0 Å². The van der Waals surface area contributed by atoms with E-state index in [4.69, 9.17) is 0 Å². The first kappa shape index (κ1) is 16.5. The zero-order valence-corrected chi connectivity index (χ0v) is 12.8. The van der Waals surface area contributed by atoms with Crippen LogP contribution in [0, 0.1) is 5.82 Å². The van der Waals surface area contributed by atoms with E-state index in [9.17, 15) is 19.1 Å². The lowest BCUT2D eigenvalue weighted by atomic mass is 9.77. The molecule has 0 bridgehead atoms. The van der Waals surface area contributed by atoms with E-state index in [2.05, 4.69) is 5.32 Å². The normalized spacial score (nSPS) is 17.9. The highest BCUT2D eigenvalue weighted by atomic mass is 19.1. The van der Waals surface area contributed by atoms with E-state index in [1.54, 1.807) is 12.1 Å². The quantitative estimate of drug-likeness (QED) is 0.849. The van der Waals surface area contributed by atoms with E-state index >= 15 is 0 Å². The third-order valence-electron chi connectivity index (χ3n) is 4.45. The van der Waals surface area contributed by atoms with E-state index in [1.807, 2.05) is 6.92 Å². The highest BCUT2D eigenvalue weighted by Crippen LogP contribution is 2.41. The number of carboxylic acids is 1. The maximum Gasteiger partial charge on any atom is 0.326 e. The Hall–Kier alpha value is -1.91. The monoisotopic (exact) mass is 307 g/mol. The second-order valence-corrected chi connectivity index (χ2v) is 5.95. The number of halogens is 1. The van der Waals surface area contributed by atoms with Crippen molar-refractivity contribution < 1.29 is 19.1 Å². The van der Waals surface area contributed by atoms with Gasteiger partial charge in [0.2, 0.25) is 5.91 Å². The van der Waals surface area contributed by atoms with Gasteiger partial charge in [-0.2, -0.15) is 0 Å². The number of carboxylic acid groups (broad SMARTS) is 1. The van der Waals surface area contributed by atoms with Gasteiger partial charge in [0.25, 0.3) is 0 Å². The molecule has 1 atom stereocenters. The molecule has 0 spiro atoms. The highest BCUT2D eigenvalue weighted by molar-refractivity contribution is 5.91. The summed E-state index contributed by atoms with van der Waals surface area (Å²) in [5.41, 5.74) is -0.160. The van der Waals surface area contributed by atoms with Crippen LogP contribution in [0.15, 0.2) is 24.3 Å². The van der Waals surface area contributed by atoms with Crippen LogP contribution in [0.25, 0.3) is 0 Å². The fourth-order valence-corrected chi connectivity index (χ4v) is 3.25. The van der Waals surface area contributed by atoms with Crippen molar-refractivity contribution in [1.29, 1.82) is 0 Å². The second kappa shape index (κ2) is 6.90. The Balaban J connectivity index is 2.27. The van der Waals surface area contributed by atoms with Gasteiger partial charge in [-0.25, -0.2) is 9.18 Å². The maximum absolute atomic E-state index is 13.5. The molecule has 1 aliphatic rings. The van der Waals surface area contributed by atoms with Gasteiger partial charge in [-0.15, -0.1) is 0 Å². The van der Waals surface area contributed by atoms with E-state index in [-0.39, 0.29) is 11.7 Å². The van der Waals surface area contributed by atoms with E-state index in [0.717, 1.165) is 12.8 Å². The summed E-state index contributed by atoms with van der Waals surface area (Å²) in [4.78, 5) is 24.0. The minimum Gasteiger partial charge on any atom is -0.480 e. The molecule has 0 heterocycles. The summed E-state index contributed by atoms with van der Waals surface area (Å²) >= 11 is 0. The van der Waals surface area contributed by atoms with Crippen LogP contribution in [0.3, 0.4) is 0 Å². The molecule has 1 amide bonds. The molecule has 4 nitrogen and oxygen atoms in total. The Morgan fingerprint density at radius 3 is 2.59 bits per heavy atom. The molecule has 1 saturated carbocycles. The summed E-state index contributed by atoms with van der Waals surface area (Å²) in [6.07, 6.45) is 4.08. The number of carbonyl (C=O) groups is 2. The van der Waals surface area contributed by atoms with Crippen LogP contribution < -0.4 is 5.32 Å². The number of hydrogen-bond donors (Lipinski definition) is 2. The summed E-state index contributed by atoms with van der Waals surface area (Å²) in [5.74, 6) is -1.70. The number of nitrogens with one attached hydrogen (secondary N) is 1. The number of carbonyl (C=O) groups excluding carboxylic acids is 1. The zero-order chi connectivity index (χ0) is 16.2. The fourth-order valence-electron chi connectivity index (χ4n) is 3.25. The van der Waals surface area contributed by atoms with E-state index in [1.165, 1.54) is 12.1 Å². The van der Waals surface area contributed by atoms with Gasteiger partial charge in [-0.05, 0) is 37.0 Å². The third kappa shape index (κ3) is 3.29. The molecule has 1 aromatic carbocycles. The van der Waals surface area contributed by atoms with Crippen LogP contribution in [0.2, 0.25) is 0 Å². The summed E-state index contributed by atoms with van der Waals surface area (Å²) in [7, 11) is 0. The van der Waals surface area contributed by atoms with E-state index in [0.29, 0.717) is 31.2 Å². The van der Waals surface area contributed by atoms with Crippen molar-refractivity contribution in [3.8, 4) is 0 Å². The number of aliphatic carboxylic acids is 1. The summed E-state index contributed by atoms with van der Waals surface area (Å²) in [6.45, 7) is 1.88. The van der Waals surface area contributed by atoms with Gasteiger partial charge in [0, 0.05) is 0 Å². The molecule has 0 aliphatic heterocycles. The van der Waals surface area contributed by atoms with Gasteiger partial charge in [0.1, 0.15) is 11.9 Å². The topological polar surface area (TPSA) is 66.4 Å². The predicted octanol–water partition coefficient (Wildman–Crippen LogP) is 3.01. The SMILES string of the molecule is CCCC(NC(=O)C1(c2cccc(F)c2)CCCC1)C(=O)O. The van der Waals surface area contributed by atoms with Gasteiger partial charge in [0.05, 0.1) is 5.41 Å². The van der Waals surface area contributed by atoms with Gasteiger partial charge in [-0.1, -0.05) is 38.3 Å². The van der Waals surface area contributed by atoms with Crippen LogP contribution >= 0.6 is 0 Å². The molecule has 5 heteroatoms. The maximum atomic E-state index is 13.5. The minimum absolute atomic E-state index is 0.295. The van der Waals surface area contributed by atoms with Crippen molar-refractivity contribution in [2.45, 2.75) is 56.9 Å². The third-order valence-corrected chi connectivity index (χ3v) is 4.45. The van der Waals surface area contributed by atoms with Gasteiger partial charge < -0.3 is 10.4 Å². The Morgan fingerprint density at radius 1 is 1.36 bits per heavy atom. The van der Waals surface area contributed by atoms with Crippen LogP contribution in [0.5, 0.6) is 0 Å². The molecule has 1 aromatic rings. The van der Waals surface area contributed by atoms with Crippen LogP contribution in [-0.2, 0) is 15.0 Å². The zero-order valence-electron chi connectivity index (χ0n) is 12.8. The van der Waals surface area contributed by atoms with Crippen LogP contribution in [-0.4, -0.2) is 23.0 Å². The summed E-state index contributed by atoms with van der Waals surface area (Å²) in [5, 5.41) is 11.9. The van der Waals surface area contributed by atoms with Gasteiger partial charge in [-0.3, -0.25) is 4.79 Å². The van der Waals surface area contributed by atoms with Crippen LogP contribution in [0.1, 0.15) is 51.0 Å². The van der Waals surface area contributed by atoms with Crippen molar-refractivity contribution in [3.63, 3.8) is 0 Å². The number of benzene rings is 1. The molecular weight excluding hydrogens is 285 g/mol. The number of rotatable bonds is 6. The van der Waals surface area contributed by atoms with Gasteiger partial charge >= 0.3 is 5.97 Å². The Kier molecular flexibility index (Phi) is 5.16. The molecule has 2 N–H and O–H groups in total. The van der Waals surface area contributed by atoms with Gasteiger partial charge in [0.15, 0.2) is 0 Å². The predicted molar refractivity (Wildman–Crippen MR) is 81.0 cm³/mol. The standard InChI is InChI=1S/C17H22FNO3/c1-2-6-14(15(20)21)19-16(22)17(9-3-4-10-17)12-7-5-8-13(18)11-12/h5,7-8,11,14H,2-4,6,9-10H2,1H3,(H,19,22)(H,20,21). The molecule has 22 heavy (non-hydrogen) atoms. The van der Waals surface area contributed by atoms with Crippen molar-refractivity contribution in [3.05, 3.63) is 35.6 Å².